The number of aromatic nitrogens is 5. The Morgan fingerprint density at radius 1 is 1.29 bits per heavy atom. The van der Waals surface area contributed by atoms with Gasteiger partial charge < -0.3 is 14.2 Å². The largest absolute Gasteiger partial charge is 0.384 e. The van der Waals surface area contributed by atoms with E-state index in [1.54, 1.807) is 7.11 Å². The smallest absolute Gasteiger partial charge is 0.224 e. The van der Waals surface area contributed by atoms with Crippen LogP contribution in [0.1, 0.15) is 41.5 Å². The van der Waals surface area contributed by atoms with E-state index in [1.165, 1.54) is 0 Å². The van der Waals surface area contributed by atoms with Gasteiger partial charge in [0.2, 0.25) is 5.91 Å². The van der Waals surface area contributed by atoms with Gasteiger partial charge in [0.1, 0.15) is 5.82 Å². The van der Waals surface area contributed by atoms with Crippen molar-refractivity contribution in [3.63, 3.8) is 0 Å². The molecule has 4 rings (SSSR count). The van der Waals surface area contributed by atoms with Crippen molar-refractivity contribution in [3.8, 4) is 0 Å². The van der Waals surface area contributed by atoms with E-state index >= 15 is 0 Å². The Labute approximate surface area is 164 Å². The normalized spacial score (nSPS) is 17.0. The summed E-state index contributed by atoms with van der Waals surface area (Å²) in [5.41, 5.74) is 4.07. The lowest BCUT2D eigenvalue weighted by Crippen LogP contribution is -2.29. The van der Waals surface area contributed by atoms with Crippen LogP contribution >= 0.6 is 0 Å². The molecule has 4 heterocycles. The summed E-state index contributed by atoms with van der Waals surface area (Å²) in [6, 6.07) is 2.03. The van der Waals surface area contributed by atoms with Gasteiger partial charge in [0.25, 0.3) is 0 Å². The lowest BCUT2D eigenvalue weighted by atomic mass is 10.0. The molecule has 0 spiro atoms. The second-order valence-electron chi connectivity index (χ2n) is 7.34. The van der Waals surface area contributed by atoms with Gasteiger partial charge in [-0.2, -0.15) is 5.10 Å². The van der Waals surface area contributed by atoms with Gasteiger partial charge in [-0.1, -0.05) is 0 Å². The number of imidazole rings is 1. The molecule has 1 aliphatic heterocycles. The minimum atomic E-state index is 0.155. The summed E-state index contributed by atoms with van der Waals surface area (Å²) >= 11 is 0. The predicted molar refractivity (Wildman–Crippen MR) is 104 cm³/mol. The molecule has 0 saturated carbocycles. The molecule has 0 unspecified atom stereocenters. The molecule has 28 heavy (non-hydrogen) atoms. The summed E-state index contributed by atoms with van der Waals surface area (Å²) < 4.78 is 9.10. The molecule has 0 radical (unpaired) electrons. The summed E-state index contributed by atoms with van der Waals surface area (Å²) in [5, 5.41) is 4.78. The Kier molecular flexibility index (Phi) is 5.13. The molecule has 1 fully saturated rings. The van der Waals surface area contributed by atoms with Crippen LogP contribution in [0.3, 0.4) is 0 Å². The van der Waals surface area contributed by atoms with E-state index in [1.807, 2.05) is 47.9 Å². The average molecular weight is 382 g/mol. The Morgan fingerprint density at radius 3 is 2.89 bits per heavy atom. The van der Waals surface area contributed by atoms with Crippen molar-refractivity contribution in [2.75, 3.05) is 26.8 Å². The average Bonchev–Trinajstić information content (AvgIpc) is 3.40. The minimum Gasteiger partial charge on any atom is -0.384 e. The SMILES string of the molecule is COCCC(=O)N1CC[C@H](c2ccnc3c(Cn4ccnc4C)c(C)nn23)C1. The molecular formula is C20H26N6O2. The molecule has 0 bridgehead atoms. The second kappa shape index (κ2) is 7.71. The molecule has 0 aromatic carbocycles. The van der Waals surface area contributed by atoms with Gasteiger partial charge in [-0.25, -0.2) is 14.5 Å². The lowest BCUT2D eigenvalue weighted by molar-refractivity contribution is -0.131. The van der Waals surface area contributed by atoms with Crippen LogP contribution in [0.25, 0.3) is 5.65 Å². The highest BCUT2D eigenvalue weighted by atomic mass is 16.5. The number of nitrogens with zero attached hydrogens (tertiary/aromatic N) is 6. The molecule has 3 aromatic rings. The van der Waals surface area contributed by atoms with Crippen LogP contribution in [0.15, 0.2) is 24.7 Å². The minimum absolute atomic E-state index is 0.155. The number of rotatable bonds is 6. The van der Waals surface area contributed by atoms with Crippen molar-refractivity contribution in [2.45, 2.75) is 39.2 Å². The third-order valence-corrected chi connectivity index (χ3v) is 5.58. The van der Waals surface area contributed by atoms with E-state index in [0.29, 0.717) is 19.6 Å². The quantitative estimate of drug-likeness (QED) is 0.651. The van der Waals surface area contributed by atoms with Crippen molar-refractivity contribution in [3.05, 3.63) is 47.4 Å². The molecular weight excluding hydrogens is 356 g/mol. The van der Waals surface area contributed by atoms with Crippen molar-refractivity contribution in [1.82, 2.24) is 29.0 Å². The number of hydrogen-bond acceptors (Lipinski definition) is 5. The van der Waals surface area contributed by atoms with Crippen LogP contribution in [0, 0.1) is 13.8 Å². The zero-order valence-corrected chi connectivity index (χ0v) is 16.6. The number of amides is 1. The number of hydrogen-bond donors (Lipinski definition) is 0. The number of aryl methyl sites for hydroxylation is 2. The Balaban J connectivity index is 1.60. The van der Waals surface area contributed by atoms with Gasteiger partial charge in [-0.3, -0.25) is 4.79 Å². The van der Waals surface area contributed by atoms with Gasteiger partial charge in [0, 0.05) is 50.3 Å². The molecule has 1 aliphatic rings. The number of carbonyl (C=O) groups excluding carboxylic acids is 1. The molecule has 1 atom stereocenters. The number of fused-ring (bicyclic) bond motifs is 1. The van der Waals surface area contributed by atoms with Gasteiger partial charge in [-0.05, 0) is 26.3 Å². The number of carbonyl (C=O) groups is 1. The topological polar surface area (TPSA) is 77.5 Å². The maximum Gasteiger partial charge on any atom is 0.224 e. The second-order valence-corrected chi connectivity index (χ2v) is 7.34. The Morgan fingerprint density at radius 2 is 2.14 bits per heavy atom. The first-order chi connectivity index (χ1) is 13.6. The van der Waals surface area contributed by atoms with Gasteiger partial charge >= 0.3 is 0 Å². The van der Waals surface area contributed by atoms with Crippen LogP contribution < -0.4 is 0 Å². The molecule has 1 amide bonds. The Hall–Kier alpha value is -2.74. The summed E-state index contributed by atoms with van der Waals surface area (Å²) in [7, 11) is 1.62. The van der Waals surface area contributed by atoms with E-state index in [4.69, 9.17) is 9.84 Å². The van der Waals surface area contributed by atoms with Crippen LogP contribution in [0.2, 0.25) is 0 Å². The van der Waals surface area contributed by atoms with Crippen molar-refractivity contribution in [1.29, 1.82) is 0 Å². The van der Waals surface area contributed by atoms with Crippen LogP contribution in [0.5, 0.6) is 0 Å². The third-order valence-electron chi connectivity index (χ3n) is 5.58. The van der Waals surface area contributed by atoms with Gasteiger partial charge in [-0.15, -0.1) is 0 Å². The van der Waals surface area contributed by atoms with Crippen molar-refractivity contribution in [2.24, 2.45) is 0 Å². The fourth-order valence-corrected chi connectivity index (χ4v) is 3.93. The summed E-state index contributed by atoms with van der Waals surface area (Å²) in [6.07, 6.45) is 7.01. The number of methoxy groups -OCH3 is 1. The van der Waals surface area contributed by atoms with Crippen LogP contribution in [-0.4, -0.2) is 61.8 Å². The zero-order chi connectivity index (χ0) is 19.7. The fraction of sp³-hybridized carbons (Fsp3) is 0.500. The fourth-order valence-electron chi connectivity index (χ4n) is 3.93. The zero-order valence-electron chi connectivity index (χ0n) is 16.6. The first kappa shape index (κ1) is 18.6. The van der Waals surface area contributed by atoms with Crippen molar-refractivity contribution >= 4 is 11.6 Å². The molecule has 1 saturated heterocycles. The first-order valence-corrected chi connectivity index (χ1v) is 9.66. The van der Waals surface area contributed by atoms with E-state index in [2.05, 4.69) is 14.5 Å². The molecule has 148 valence electrons. The Bertz CT molecular complexity index is 992. The standard InChI is InChI=1S/C20H26N6O2/c1-14-17(13-24-10-8-21-15(24)2)20-22-7-4-18(26(20)23-14)16-5-9-25(12-16)19(27)6-11-28-3/h4,7-8,10,16H,5-6,9,11-13H2,1-3H3/t16-/m0/s1. The van der Waals surface area contributed by atoms with Gasteiger partial charge in [0.05, 0.1) is 31.0 Å². The van der Waals surface area contributed by atoms with E-state index in [0.717, 1.165) is 47.9 Å². The lowest BCUT2D eigenvalue weighted by Gasteiger charge is -2.17. The molecule has 8 nitrogen and oxygen atoms in total. The molecule has 8 heteroatoms. The highest BCUT2D eigenvalue weighted by Crippen LogP contribution is 2.29. The van der Waals surface area contributed by atoms with E-state index in [9.17, 15) is 4.79 Å². The maximum absolute atomic E-state index is 12.3. The molecule has 0 N–H and O–H groups in total. The highest BCUT2D eigenvalue weighted by Gasteiger charge is 2.29. The molecule has 3 aromatic heterocycles. The van der Waals surface area contributed by atoms with E-state index < -0.39 is 0 Å². The predicted octanol–water partition coefficient (Wildman–Crippen LogP) is 1.94. The first-order valence-electron chi connectivity index (χ1n) is 9.66. The maximum atomic E-state index is 12.3. The molecule has 0 aliphatic carbocycles. The van der Waals surface area contributed by atoms with Crippen LogP contribution in [0.4, 0.5) is 0 Å². The number of likely N-dealkylation sites (tertiary alicyclic amines) is 1. The van der Waals surface area contributed by atoms with Crippen molar-refractivity contribution < 1.29 is 9.53 Å². The summed E-state index contributed by atoms with van der Waals surface area (Å²) in [5.74, 6) is 1.39. The third kappa shape index (κ3) is 3.40. The summed E-state index contributed by atoms with van der Waals surface area (Å²) in [6.45, 7) is 6.68. The van der Waals surface area contributed by atoms with Crippen LogP contribution in [-0.2, 0) is 16.1 Å². The van der Waals surface area contributed by atoms with E-state index in [-0.39, 0.29) is 11.8 Å². The van der Waals surface area contributed by atoms with Gasteiger partial charge in [0.15, 0.2) is 5.65 Å². The highest BCUT2D eigenvalue weighted by molar-refractivity contribution is 5.76. The summed E-state index contributed by atoms with van der Waals surface area (Å²) in [4.78, 5) is 23.2. The number of ether oxygens (including phenoxy) is 1. The monoisotopic (exact) mass is 382 g/mol.